The lowest BCUT2D eigenvalue weighted by Gasteiger charge is -2.32. The molecule has 3 heterocycles. The molecule has 2 aliphatic heterocycles. The van der Waals surface area contributed by atoms with Crippen LogP contribution in [0.4, 0.5) is 5.69 Å². The number of fused-ring (bicyclic) bond motifs is 1. The fourth-order valence-corrected chi connectivity index (χ4v) is 6.61. The van der Waals surface area contributed by atoms with E-state index in [4.69, 9.17) is 0 Å². The fourth-order valence-electron chi connectivity index (χ4n) is 4.91. The van der Waals surface area contributed by atoms with Crippen LogP contribution < -0.4 is 5.32 Å². The van der Waals surface area contributed by atoms with E-state index in [1.807, 2.05) is 37.4 Å². The number of sulfonamides is 1. The topological polar surface area (TPSA) is 84.3 Å². The molecule has 1 N–H and O–H groups in total. The third-order valence-corrected chi connectivity index (χ3v) is 8.90. The maximum absolute atomic E-state index is 13.0. The van der Waals surface area contributed by atoms with Gasteiger partial charge in [-0.3, -0.25) is 4.79 Å². The molecule has 1 saturated heterocycles. The van der Waals surface area contributed by atoms with E-state index in [1.165, 1.54) is 30.7 Å². The van der Waals surface area contributed by atoms with E-state index in [0.29, 0.717) is 17.8 Å². The Labute approximate surface area is 200 Å². The molecule has 34 heavy (non-hydrogen) atoms. The third-order valence-electron chi connectivity index (χ3n) is 6.87. The molecule has 0 saturated carbocycles. The number of piperidine rings is 1. The first-order valence-electron chi connectivity index (χ1n) is 12.0. The van der Waals surface area contributed by atoms with Crippen molar-refractivity contribution >= 4 is 21.6 Å². The van der Waals surface area contributed by atoms with Gasteiger partial charge in [-0.25, -0.2) is 13.4 Å². The molecule has 1 unspecified atom stereocenters. The van der Waals surface area contributed by atoms with E-state index < -0.39 is 10.0 Å². The SMILES string of the molecule is CC1CCCCN1S(=O)(=O)c1ccc(C(=O)Nc2ccc(-c3ncc4n3CCCC4)cc2)cc1. The smallest absolute Gasteiger partial charge is 0.255 e. The molecule has 8 heteroatoms. The summed E-state index contributed by atoms with van der Waals surface area (Å²) in [6, 6.07) is 13.9. The number of rotatable bonds is 5. The number of benzene rings is 2. The van der Waals surface area contributed by atoms with Gasteiger partial charge >= 0.3 is 0 Å². The van der Waals surface area contributed by atoms with Gasteiger partial charge in [0.2, 0.25) is 10.0 Å². The number of nitrogens with one attached hydrogen (secondary N) is 1. The monoisotopic (exact) mass is 478 g/mol. The number of carbonyl (C=O) groups excluding carboxylic acids is 1. The Kier molecular flexibility index (Phi) is 6.27. The zero-order valence-electron chi connectivity index (χ0n) is 19.4. The summed E-state index contributed by atoms with van der Waals surface area (Å²) in [5.41, 5.74) is 3.39. The zero-order chi connectivity index (χ0) is 23.7. The molecule has 0 aliphatic carbocycles. The molecule has 0 radical (unpaired) electrons. The van der Waals surface area contributed by atoms with Crippen LogP contribution in [-0.2, 0) is 23.0 Å². The largest absolute Gasteiger partial charge is 0.328 e. The van der Waals surface area contributed by atoms with Crippen molar-refractivity contribution in [2.75, 3.05) is 11.9 Å². The van der Waals surface area contributed by atoms with Crippen LogP contribution >= 0.6 is 0 Å². The molecule has 5 rings (SSSR count). The fraction of sp³-hybridized carbons (Fsp3) is 0.385. The summed E-state index contributed by atoms with van der Waals surface area (Å²) >= 11 is 0. The Morgan fingerprint density at radius 2 is 1.71 bits per heavy atom. The van der Waals surface area contributed by atoms with E-state index >= 15 is 0 Å². The Hall–Kier alpha value is -2.97. The average Bonchev–Trinajstić information content (AvgIpc) is 3.29. The molecule has 3 aromatic rings. The van der Waals surface area contributed by atoms with E-state index in [-0.39, 0.29) is 16.8 Å². The van der Waals surface area contributed by atoms with Gasteiger partial charge in [0.25, 0.3) is 5.91 Å². The first-order chi connectivity index (χ1) is 16.4. The average molecular weight is 479 g/mol. The van der Waals surface area contributed by atoms with Crippen molar-refractivity contribution in [3.63, 3.8) is 0 Å². The van der Waals surface area contributed by atoms with Gasteiger partial charge in [0.05, 0.1) is 4.90 Å². The van der Waals surface area contributed by atoms with Gasteiger partial charge in [0.1, 0.15) is 5.82 Å². The number of amides is 1. The second kappa shape index (κ2) is 9.35. The highest BCUT2D eigenvalue weighted by Crippen LogP contribution is 2.27. The zero-order valence-corrected chi connectivity index (χ0v) is 20.2. The molecule has 2 aliphatic rings. The predicted octanol–water partition coefficient (Wildman–Crippen LogP) is 4.70. The Bertz CT molecular complexity index is 1280. The molecule has 0 spiro atoms. The second-order valence-electron chi connectivity index (χ2n) is 9.20. The highest BCUT2D eigenvalue weighted by atomic mass is 32.2. The third kappa shape index (κ3) is 4.40. The molecular weight excluding hydrogens is 448 g/mol. The predicted molar refractivity (Wildman–Crippen MR) is 132 cm³/mol. The maximum Gasteiger partial charge on any atom is 0.255 e. The van der Waals surface area contributed by atoms with Crippen LogP contribution in [0.3, 0.4) is 0 Å². The highest BCUT2D eigenvalue weighted by Gasteiger charge is 2.31. The van der Waals surface area contributed by atoms with Crippen molar-refractivity contribution in [1.29, 1.82) is 0 Å². The summed E-state index contributed by atoms with van der Waals surface area (Å²) in [5, 5.41) is 2.90. The Morgan fingerprint density at radius 3 is 2.44 bits per heavy atom. The van der Waals surface area contributed by atoms with Crippen LogP contribution in [-0.4, -0.2) is 40.8 Å². The quantitative estimate of drug-likeness (QED) is 0.576. The molecule has 0 bridgehead atoms. The molecule has 7 nitrogen and oxygen atoms in total. The van der Waals surface area contributed by atoms with Gasteiger partial charge in [-0.1, -0.05) is 6.42 Å². The van der Waals surface area contributed by atoms with Crippen molar-refractivity contribution in [1.82, 2.24) is 13.9 Å². The minimum absolute atomic E-state index is 0.00261. The van der Waals surface area contributed by atoms with E-state index in [9.17, 15) is 13.2 Å². The standard InChI is InChI=1S/C26H30N4O3S/c1-19-6-2-5-17-30(19)34(32,33)24-14-10-21(11-15-24)26(31)28-22-12-8-20(9-13-22)25-27-18-23-7-3-4-16-29(23)25/h8-15,18-19H,2-7,16-17H2,1H3,(H,28,31). The summed E-state index contributed by atoms with van der Waals surface area (Å²) < 4.78 is 29.9. The van der Waals surface area contributed by atoms with E-state index in [0.717, 1.165) is 43.6 Å². The lowest BCUT2D eigenvalue weighted by atomic mass is 10.1. The summed E-state index contributed by atoms with van der Waals surface area (Å²) in [6.07, 6.45) is 8.21. The summed E-state index contributed by atoms with van der Waals surface area (Å²) in [5.74, 6) is 0.689. The van der Waals surface area contributed by atoms with Crippen molar-refractivity contribution < 1.29 is 13.2 Å². The summed E-state index contributed by atoms with van der Waals surface area (Å²) in [7, 11) is -3.55. The van der Waals surface area contributed by atoms with Crippen LogP contribution in [0, 0.1) is 0 Å². The lowest BCUT2D eigenvalue weighted by Crippen LogP contribution is -2.41. The van der Waals surface area contributed by atoms with Crippen molar-refractivity contribution in [3.05, 3.63) is 66.0 Å². The molecule has 1 amide bonds. The number of hydrogen-bond acceptors (Lipinski definition) is 4. The first-order valence-corrected chi connectivity index (χ1v) is 13.5. The minimum atomic E-state index is -3.55. The van der Waals surface area contributed by atoms with Gasteiger partial charge in [0.15, 0.2) is 0 Å². The van der Waals surface area contributed by atoms with Gasteiger partial charge in [-0.05, 0) is 87.6 Å². The van der Waals surface area contributed by atoms with Crippen molar-refractivity contribution in [2.24, 2.45) is 0 Å². The van der Waals surface area contributed by atoms with Crippen LogP contribution in [0.2, 0.25) is 0 Å². The Morgan fingerprint density at radius 1 is 0.971 bits per heavy atom. The molecule has 178 valence electrons. The number of imidazole rings is 1. The normalized spacial score (nSPS) is 18.9. The molecule has 1 aromatic heterocycles. The minimum Gasteiger partial charge on any atom is -0.328 e. The number of nitrogens with zero attached hydrogens (tertiary/aromatic N) is 3. The summed E-state index contributed by atoms with van der Waals surface area (Å²) in [6.45, 7) is 3.49. The number of hydrogen-bond donors (Lipinski definition) is 1. The molecule has 2 aromatic carbocycles. The van der Waals surface area contributed by atoms with Gasteiger partial charge in [0, 0.05) is 47.8 Å². The van der Waals surface area contributed by atoms with Crippen LogP contribution in [0.25, 0.3) is 11.4 Å². The Balaban J connectivity index is 1.27. The van der Waals surface area contributed by atoms with Crippen LogP contribution in [0.1, 0.15) is 55.1 Å². The van der Waals surface area contributed by atoms with Crippen molar-refractivity contribution in [2.45, 2.75) is 62.9 Å². The molecule has 1 fully saturated rings. The number of carbonyl (C=O) groups is 1. The van der Waals surface area contributed by atoms with E-state index in [2.05, 4.69) is 14.9 Å². The maximum atomic E-state index is 13.0. The summed E-state index contributed by atoms with van der Waals surface area (Å²) in [4.78, 5) is 17.6. The first kappa shape index (κ1) is 22.8. The highest BCUT2D eigenvalue weighted by molar-refractivity contribution is 7.89. The van der Waals surface area contributed by atoms with Gasteiger partial charge < -0.3 is 9.88 Å². The van der Waals surface area contributed by atoms with Gasteiger partial charge in [-0.15, -0.1) is 0 Å². The van der Waals surface area contributed by atoms with Crippen molar-refractivity contribution in [3.8, 4) is 11.4 Å². The number of anilines is 1. The number of aryl methyl sites for hydroxylation is 1. The van der Waals surface area contributed by atoms with E-state index in [1.54, 1.807) is 16.4 Å². The molecular formula is C26H30N4O3S. The lowest BCUT2D eigenvalue weighted by molar-refractivity contribution is 0.102. The second-order valence-corrected chi connectivity index (χ2v) is 11.1. The number of aromatic nitrogens is 2. The van der Waals surface area contributed by atoms with Gasteiger partial charge in [-0.2, -0.15) is 4.31 Å². The van der Waals surface area contributed by atoms with Crippen LogP contribution in [0.5, 0.6) is 0 Å². The molecule has 1 atom stereocenters. The van der Waals surface area contributed by atoms with Crippen LogP contribution in [0.15, 0.2) is 59.6 Å².